The van der Waals surface area contributed by atoms with Gasteiger partial charge in [-0.1, -0.05) is 0 Å². The lowest BCUT2D eigenvalue weighted by atomic mass is 10.2. The van der Waals surface area contributed by atoms with Gasteiger partial charge in [0.15, 0.2) is 0 Å². The minimum atomic E-state index is -0.833. The van der Waals surface area contributed by atoms with Crippen LogP contribution in [0.4, 0.5) is 5.82 Å². The zero-order valence-corrected chi connectivity index (χ0v) is 11.7. The smallest absolute Gasteiger partial charge is 0.303 e. The van der Waals surface area contributed by atoms with Gasteiger partial charge in [-0.3, -0.25) is 9.59 Å². The summed E-state index contributed by atoms with van der Waals surface area (Å²) in [4.78, 5) is 26.0. The molecular weight excluding hydrogens is 300 g/mol. The van der Waals surface area contributed by atoms with Crippen LogP contribution in [0.2, 0.25) is 0 Å². The summed E-state index contributed by atoms with van der Waals surface area (Å²) in [7, 11) is 0. The van der Waals surface area contributed by atoms with Gasteiger partial charge in [0.1, 0.15) is 5.82 Å². The lowest BCUT2D eigenvalue weighted by Gasteiger charge is -2.05. The first-order valence-electron chi connectivity index (χ1n) is 5.64. The zero-order valence-electron chi connectivity index (χ0n) is 10.1. The van der Waals surface area contributed by atoms with E-state index >= 15 is 0 Å². The highest BCUT2D eigenvalue weighted by Gasteiger charge is 2.05. The number of aliphatic carboxylic acids is 1. The molecule has 1 amide bonds. The molecule has 0 saturated heterocycles. The van der Waals surface area contributed by atoms with Gasteiger partial charge in [-0.25, -0.2) is 4.98 Å². The molecular formula is C12H15BrN2O3. The minimum absolute atomic E-state index is 0.100. The number of nitrogens with one attached hydrogen (secondary N) is 1. The van der Waals surface area contributed by atoms with Gasteiger partial charge >= 0.3 is 5.97 Å². The van der Waals surface area contributed by atoms with Gasteiger partial charge in [0.25, 0.3) is 0 Å². The van der Waals surface area contributed by atoms with E-state index in [0.717, 1.165) is 10.2 Å². The molecule has 1 rings (SSSR count). The zero-order chi connectivity index (χ0) is 13.5. The molecule has 0 spiro atoms. The van der Waals surface area contributed by atoms with Crippen molar-refractivity contribution in [1.82, 2.24) is 4.98 Å². The maximum Gasteiger partial charge on any atom is 0.303 e. The van der Waals surface area contributed by atoms with Crippen LogP contribution in [-0.4, -0.2) is 22.0 Å². The maximum absolute atomic E-state index is 11.5. The number of carbonyl (C=O) groups is 2. The minimum Gasteiger partial charge on any atom is -0.481 e. The number of pyridine rings is 1. The first-order valence-corrected chi connectivity index (χ1v) is 6.43. The number of halogens is 1. The third-order valence-electron chi connectivity index (χ3n) is 2.33. The van der Waals surface area contributed by atoms with E-state index in [1.807, 2.05) is 13.0 Å². The highest BCUT2D eigenvalue weighted by Crippen LogP contribution is 2.16. The van der Waals surface area contributed by atoms with Crippen LogP contribution in [0.1, 0.15) is 31.4 Å². The molecule has 0 saturated carbocycles. The number of rotatable bonds is 6. The van der Waals surface area contributed by atoms with Crippen molar-refractivity contribution in [3.05, 3.63) is 22.3 Å². The van der Waals surface area contributed by atoms with E-state index in [0.29, 0.717) is 25.1 Å². The van der Waals surface area contributed by atoms with E-state index < -0.39 is 5.97 Å². The predicted molar refractivity (Wildman–Crippen MR) is 71.4 cm³/mol. The molecule has 0 aliphatic carbocycles. The molecule has 0 aliphatic rings. The van der Waals surface area contributed by atoms with Crippen molar-refractivity contribution in [3.63, 3.8) is 0 Å². The number of unbranched alkanes of at least 4 members (excludes halogenated alkanes) is 1. The Morgan fingerprint density at radius 1 is 1.33 bits per heavy atom. The Morgan fingerprint density at radius 3 is 2.61 bits per heavy atom. The lowest BCUT2D eigenvalue weighted by Crippen LogP contribution is -2.12. The first kappa shape index (κ1) is 14.6. The van der Waals surface area contributed by atoms with E-state index in [-0.39, 0.29) is 12.3 Å². The van der Waals surface area contributed by atoms with Crippen molar-refractivity contribution in [3.8, 4) is 0 Å². The van der Waals surface area contributed by atoms with E-state index in [2.05, 4.69) is 26.2 Å². The van der Waals surface area contributed by atoms with Gasteiger partial charge in [0.2, 0.25) is 5.91 Å². The summed E-state index contributed by atoms with van der Waals surface area (Å²) in [6.07, 6.45) is 1.48. The summed E-state index contributed by atoms with van der Waals surface area (Å²) in [6, 6.07) is 3.54. The fourth-order valence-electron chi connectivity index (χ4n) is 1.38. The molecule has 1 aromatic heterocycles. The SMILES string of the molecule is Cc1nc(NC(=O)CCCCC(=O)O)ccc1Br. The van der Waals surface area contributed by atoms with Gasteiger partial charge in [0.05, 0.1) is 5.69 Å². The summed E-state index contributed by atoms with van der Waals surface area (Å²) in [5.74, 6) is -0.464. The van der Waals surface area contributed by atoms with Crippen molar-refractivity contribution in [1.29, 1.82) is 0 Å². The van der Waals surface area contributed by atoms with Crippen LogP contribution in [0.25, 0.3) is 0 Å². The van der Waals surface area contributed by atoms with E-state index in [4.69, 9.17) is 5.11 Å². The van der Waals surface area contributed by atoms with Gasteiger partial charge in [-0.05, 0) is 47.8 Å². The Hall–Kier alpha value is -1.43. The average molecular weight is 315 g/mol. The topological polar surface area (TPSA) is 79.3 Å². The predicted octanol–water partition coefficient (Wildman–Crippen LogP) is 2.74. The molecule has 0 bridgehead atoms. The van der Waals surface area contributed by atoms with Crippen LogP contribution in [0, 0.1) is 6.92 Å². The number of nitrogens with zero attached hydrogens (tertiary/aromatic N) is 1. The van der Waals surface area contributed by atoms with E-state index in [1.165, 1.54) is 0 Å². The van der Waals surface area contributed by atoms with Crippen LogP contribution >= 0.6 is 15.9 Å². The summed E-state index contributed by atoms with van der Waals surface area (Å²) < 4.78 is 0.891. The fraction of sp³-hybridized carbons (Fsp3) is 0.417. The Morgan fingerprint density at radius 2 is 2.00 bits per heavy atom. The number of aromatic nitrogens is 1. The third kappa shape index (κ3) is 5.27. The quantitative estimate of drug-likeness (QED) is 0.791. The van der Waals surface area contributed by atoms with Crippen molar-refractivity contribution >= 4 is 33.6 Å². The Balaban J connectivity index is 2.35. The van der Waals surface area contributed by atoms with Crippen LogP contribution in [0.15, 0.2) is 16.6 Å². The molecule has 0 atom stereocenters. The number of anilines is 1. The van der Waals surface area contributed by atoms with E-state index in [1.54, 1.807) is 6.07 Å². The summed E-state index contributed by atoms with van der Waals surface area (Å²) in [5, 5.41) is 11.1. The molecule has 1 heterocycles. The van der Waals surface area contributed by atoms with Gasteiger partial charge in [-0.2, -0.15) is 0 Å². The number of hydrogen-bond acceptors (Lipinski definition) is 3. The average Bonchev–Trinajstić information content (AvgIpc) is 2.29. The van der Waals surface area contributed by atoms with Crippen LogP contribution in [-0.2, 0) is 9.59 Å². The van der Waals surface area contributed by atoms with E-state index in [9.17, 15) is 9.59 Å². The van der Waals surface area contributed by atoms with Gasteiger partial charge < -0.3 is 10.4 Å². The second-order valence-corrected chi connectivity index (χ2v) is 4.77. The fourth-order valence-corrected chi connectivity index (χ4v) is 1.60. The number of carbonyl (C=O) groups excluding carboxylic acids is 1. The highest BCUT2D eigenvalue weighted by molar-refractivity contribution is 9.10. The molecule has 0 aromatic carbocycles. The third-order valence-corrected chi connectivity index (χ3v) is 3.17. The maximum atomic E-state index is 11.5. The van der Waals surface area contributed by atoms with Crippen LogP contribution < -0.4 is 5.32 Å². The highest BCUT2D eigenvalue weighted by atomic mass is 79.9. The molecule has 5 nitrogen and oxygen atoms in total. The summed E-state index contributed by atoms with van der Waals surface area (Å²) >= 11 is 3.33. The molecule has 18 heavy (non-hydrogen) atoms. The summed E-state index contributed by atoms with van der Waals surface area (Å²) in [5.41, 5.74) is 0.804. The summed E-state index contributed by atoms with van der Waals surface area (Å²) in [6.45, 7) is 1.84. The Kier molecular flexibility index (Phi) is 5.77. The molecule has 98 valence electrons. The Labute approximate surface area is 114 Å². The molecule has 1 aromatic rings. The molecule has 0 aliphatic heterocycles. The van der Waals surface area contributed by atoms with Crippen molar-refractivity contribution in [2.24, 2.45) is 0 Å². The van der Waals surface area contributed by atoms with Gasteiger partial charge in [-0.15, -0.1) is 0 Å². The molecule has 0 unspecified atom stereocenters. The van der Waals surface area contributed by atoms with Crippen LogP contribution in [0.5, 0.6) is 0 Å². The van der Waals surface area contributed by atoms with Crippen molar-refractivity contribution in [2.75, 3.05) is 5.32 Å². The second-order valence-electron chi connectivity index (χ2n) is 3.91. The molecule has 0 fully saturated rings. The monoisotopic (exact) mass is 314 g/mol. The number of carboxylic acids is 1. The first-order chi connectivity index (χ1) is 8.49. The van der Waals surface area contributed by atoms with Crippen molar-refractivity contribution in [2.45, 2.75) is 32.6 Å². The number of hydrogen-bond donors (Lipinski definition) is 2. The largest absolute Gasteiger partial charge is 0.481 e. The van der Waals surface area contributed by atoms with Crippen LogP contribution in [0.3, 0.4) is 0 Å². The number of carboxylic acid groups (broad SMARTS) is 1. The lowest BCUT2D eigenvalue weighted by molar-refractivity contribution is -0.137. The normalized spacial score (nSPS) is 10.1. The van der Waals surface area contributed by atoms with Crippen molar-refractivity contribution < 1.29 is 14.7 Å². The standard InChI is InChI=1S/C12H15BrN2O3/c1-8-9(13)6-7-10(14-8)15-11(16)4-2-3-5-12(17)18/h6-7H,2-5H2,1H3,(H,17,18)(H,14,15,16). The number of amides is 1. The molecule has 2 N–H and O–H groups in total. The second kappa shape index (κ2) is 7.10. The molecule has 0 radical (unpaired) electrons. The Bertz CT molecular complexity index is 449. The molecule has 6 heteroatoms. The number of aryl methyl sites for hydroxylation is 1. The van der Waals surface area contributed by atoms with Gasteiger partial charge in [0, 0.05) is 17.3 Å².